The Labute approximate surface area is 96.0 Å². The van der Waals surface area contributed by atoms with E-state index in [9.17, 15) is 4.79 Å². The van der Waals surface area contributed by atoms with Gasteiger partial charge in [-0.2, -0.15) is 5.26 Å². The second-order valence-corrected chi connectivity index (χ2v) is 4.95. The minimum Gasteiger partial charge on any atom is -0.368 e. The number of rotatable bonds is 2. The number of hydrogen-bond acceptors (Lipinski definition) is 3. The molecule has 0 aromatic heterocycles. The lowest BCUT2D eigenvalue weighted by Gasteiger charge is -2.25. The Morgan fingerprint density at radius 1 is 1.50 bits per heavy atom. The molecule has 2 fully saturated rings. The van der Waals surface area contributed by atoms with E-state index >= 15 is 0 Å². The van der Waals surface area contributed by atoms with Gasteiger partial charge in [-0.15, -0.1) is 0 Å². The summed E-state index contributed by atoms with van der Waals surface area (Å²) in [4.78, 5) is 12.0. The summed E-state index contributed by atoms with van der Waals surface area (Å²) in [5.41, 5.74) is -0.622. The van der Waals surface area contributed by atoms with Gasteiger partial charge in [0.15, 0.2) is 0 Å². The van der Waals surface area contributed by atoms with Crippen LogP contribution in [0.4, 0.5) is 0 Å². The summed E-state index contributed by atoms with van der Waals surface area (Å²) in [5.74, 6) is 0.158. The Morgan fingerprint density at radius 3 is 2.69 bits per heavy atom. The van der Waals surface area contributed by atoms with E-state index in [4.69, 9.17) is 10.00 Å². The Kier molecular flexibility index (Phi) is 3.15. The lowest BCUT2D eigenvalue weighted by atomic mass is 9.97. The highest BCUT2D eigenvalue weighted by atomic mass is 16.5. The molecule has 2 rings (SSSR count). The van der Waals surface area contributed by atoms with Crippen molar-refractivity contribution in [3.8, 4) is 6.07 Å². The number of carbonyl (C=O) groups is 1. The molecule has 1 N–H and O–H groups in total. The van der Waals surface area contributed by atoms with E-state index in [2.05, 4.69) is 11.4 Å². The summed E-state index contributed by atoms with van der Waals surface area (Å²) < 4.78 is 5.41. The molecule has 1 heterocycles. The molecule has 1 aliphatic heterocycles. The quantitative estimate of drug-likeness (QED) is 0.767. The molecule has 2 unspecified atom stereocenters. The van der Waals surface area contributed by atoms with Crippen molar-refractivity contribution in [1.82, 2.24) is 5.32 Å². The van der Waals surface area contributed by atoms with Gasteiger partial charge in [0.2, 0.25) is 0 Å². The van der Waals surface area contributed by atoms with E-state index in [1.807, 2.05) is 6.92 Å². The third-order valence-electron chi connectivity index (χ3n) is 3.68. The van der Waals surface area contributed by atoms with Gasteiger partial charge < -0.3 is 10.1 Å². The van der Waals surface area contributed by atoms with Gasteiger partial charge in [-0.25, -0.2) is 0 Å². The predicted molar refractivity (Wildman–Crippen MR) is 58.5 cm³/mol. The maximum Gasteiger partial charge on any atom is 0.250 e. The molecule has 0 radical (unpaired) electrons. The first-order chi connectivity index (χ1) is 7.67. The van der Waals surface area contributed by atoms with Gasteiger partial charge in [-0.3, -0.25) is 4.79 Å². The topological polar surface area (TPSA) is 62.1 Å². The van der Waals surface area contributed by atoms with Crippen LogP contribution in [0.1, 0.15) is 39.0 Å². The number of hydrogen-bond donors (Lipinski definition) is 1. The molecule has 4 heteroatoms. The van der Waals surface area contributed by atoms with Crippen LogP contribution in [0.15, 0.2) is 0 Å². The normalized spacial score (nSPS) is 32.2. The minimum atomic E-state index is -0.622. The molecule has 1 saturated heterocycles. The van der Waals surface area contributed by atoms with Crippen molar-refractivity contribution < 1.29 is 9.53 Å². The van der Waals surface area contributed by atoms with Crippen molar-refractivity contribution in [2.75, 3.05) is 6.61 Å². The molecule has 2 aliphatic rings. The molecule has 0 spiro atoms. The average molecular weight is 222 g/mol. The smallest absolute Gasteiger partial charge is 0.250 e. The van der Waals surface area contributed by atoms with Gasteiger partial charge in [0.25, 0.3) is 5.91 Å². The first kappa shape index (κ1) is 11.4. The van der Waals surface area contributed by atoms with Crippen LogP contribution in [-0.2, 0) is 9.53 Å². The Hall–Kier alpha value is -1.08. The average Bonchev–Trinajstić information content (AvgIpc) is 2.87. The molecule has 88 valence electrons. The first-order valence-electron chi connectivity index (χ1n) is 6.02. The fourth-order valence-corrected chi connectivity index (χ4v) is 2.58. The van der Waals surface area contributed by atoms with Crippen molar-refractivity contribution in [3.05, 3.63) is 0 Å². The van der Waals surface area contributed by atoms with E-state index in [1.54, 1.807) is 0 Å². The van der Waals surface area contributed by atoms with Crippen LogP contribution >= 0.6 is 0 Å². The number of nitriles is 1. The van der Waals surface area contributed by atoms with Crippen molar-refractivity contribution in [1.29, 1.82) is 5.26 Å². The summed E-state index contributed by atoms with van der Waals surface area (Å²) in [6.07, 6.45) is 4.17. The Balaban J connectivity index is 1.98. The van der Waals surface area contributed by atoms with Gasteiger partial charge in [0.05, 0.1) is 6.07 Å². The van der Waals surface area contributed by atoms with Crippen LogP contribution in [-0.4, -0.2) is 24.2 Å². The minimum absolute atomic E-state index is 0.103. The predicted octanol–water partition coefficient (Wildman–Crippen LogP) is 1.36. The summed E-state index contributed by atoms with van der Waals surface area (Å²) in [5, 5.41) is 12.1. The highest BCUT2D eigenvalue weighted by Gasteiger charge is 2.39. The van der Waals surface area contributed by atoms with E-state index in [0.29, 0.717) is 6.61 Å². The lowest BCUT2D eigenvalue weighted by molar-refractivity contribution is -0.132. The van der Waals surface area contributed by atoms with Crippen molar-refractivity contribution in [2.24, 2.45) is 5.92 Å². The molecule has 0 aromatic carbocycles. The molecule has 1 saturated carbocycles. The van der Waals surface area contributed by atoms with E-state index in [1.165, 1.54) is 0 Å². The SMILES string of the molecule is CC1CCOC1C(=O)NC1(C#N)CCCC1. The molecule has 1 aliphatic carbocycles. The van der Waals surface area contributed by atoms with Crippen LogP contribution in [0.5, 0.6) is 0 Å². The summed E-state index contributed by atoms with van der Waals surface area (Å²) in [6.45, 7) is 2.67. The van der Waals surface area contributed by atoms with Crippen molar-refractivity contribution >= 4 is 5.91 Å². The summed E-state index contributed by atoms with van der Waals surface area (Å²) in [6, 6.07) is 2.26. The van der Waals surface area contributed by atoms with Crippen molar-refractivity contribution in [2.45, 2.75) is 50.7 Å². The fourth-order valence-electron chi connectivity index (χ4n) is 2.58. The Bertz CT molecular complexity index is 315. The number of nitrogens with zero attached hydrogens (tertiary/aromatic N) is 1. The maximum absolute atomic E-state index is 12.0. The van der Waals surface area contributed by atoms with Gasteiger partial charge in [-0.1, -0.05) is 6.92 Å². The third kappa shape index (κ3) is 2.05. The monoisotopic (exact) mass is 222 g/mol. The van der Waals surface area contributed by atoms with Crippen LogP contribution in [0, 0.1) is 17.2 Å². The summed E-state index contributed by atoms with van der Waals surface area (Å²) in [7, 11) is 0. The second kappa shape index (κ2) is 4.42. The van der Waals surface area contributed by atoms with Crippen LogP contribution in [0.25, 0.3) is 0 Å². The van der Waals surface area contributed by atoms with Crippen molar-refractivity contribution in [3.63, 3.8) is 0 Å². The molecule has 4 nitrogen and oxygen atoms in total. The number of ether oxygens (including phenoxy) is 1. The first-order valence-corrected chi connectivity index (χ1v) is 6.02. The standard InChI is InChI=1S/C12H18N2O2/c1-9-4-7-16-10(9)11(15)14-12(8-13)5-2-3-6-12/h9-10H,2-7H2,1H3,(H,14,15). The van der Waals surface area contributed by atoms with Crippen LogP contribution in [0.3, 0.4) is 0 Å². The molecule has 1 amide bonds. The van der Waals surface area contributed by atoms with Gasteiger partial charge in [0.1, 0.15) is 11.6 Å². The number of amides is 1. The van der Waals surface area contributed by atoms with Gasteiger partial charge in [-0.05, 0) is 38.0 Å². The molecule has 0 aromatic rings. The van der Waals surface area contributed by atoms with Gasteiger partial charge in [0, 0.05) is 6.61 Å². The largest absolute Gasteiger partial charge is 0.368 e. The van der Waals surface area contributed by atoms with Crippen LogP contribution in [0.2, 0.25) is 0 Å². The zero-order valence-corrected chi connectivity index (χ0v) is 9.66. The molecule has 0 bridgehead atoms. The zero-order valence-electron chi connectivity index (χ0n) is 9.66. The maximum atomic E-state index is 12.0. The highest BCUT2D eigenvalue weighted by Crippen LogP contribution is 2.30. The number of nitrogens with one attached hydrogen (secondary N) is 1. The zero-order chi connectivity index (χ0) is 11.6. The van der Waals surface area contributed by atoms with E-state index in [-0.39, 0.29) is 17.9 Å². The molecule has 2 atom stereocenters. The second-order valence-electron chi connectivity index (χ2n) is 4.95. The van der Waals surface area contributed by atoms with E-state index < -0.39 is 5.54 Å². The third-order valence-corrected chi connectivity index (χ3v) is 3.68. The Morgan fingerprint density at radius 2 is 2.19 bits per heavy atom. The highest BCUT2D eigenvalue weighted by molar-refractivity contribution is 5.82. The number of carbonyl (C=O) groups excluding carboxylic acids is 1. The summed E-state index contributed by atoms with van der Waals surface area (Å²) >= 11 is 0. The lowest BCUT2D eigenvalue weighted by Crippen LogP contribution is -2.50. The molecule has 16 heavy (non-hydrogen) atoms. The van der Waals surface area contributed by atoms with Crippen LogP contribution < -0.4 is 5.32 Å². The fraction of sp³-hybridized carbons (Fsp3) is 0.833. The van der Waals surface area contributed by atoms with E-state index in [0.717, 1.165) is 32.1 Å². The molecular formula is C12H18N2O2. The molecular weight excluding hydrogens is 204 g/mol. The van der Waals surface area contributed by atoms with Gasteiger partial charge >= 0.3 is 0 Å².